The molecule has 0 saturated heterocycles. The van der Waals surface area contributed by atoms with Gasteiger partial charge < -0.3 is 9.73 Å². The molecule has 1 atom stereocenters. The first-order chi connectivity index (χ1) is 10.1. The molecule has 1 aromatic heterocycles. The predicted octanol–water partition coefficient (Wildman–Crippen LogP) is 5.47. The van der Waals surface area contributed by atoms with Crippen LogP contribution in [0.4, 0.5) is 0 Å². The van der Waals surface area contributed by atoms with Gasteiger partial charge in [-0.15, -0.1) is 0 Å². The van der Waals surface area contributed by atoms with Gasteiger partial charge in [0, 0.05) is 14.9 Å². The molecular weight excluding hydrogens is 350 g/mol. The summed E-state index contributed by atoms with van der Waals surface area (Å²) in [6, 6.07) is 14.0. The molecule has 0 fully saturated rings. The predicted molar refractivity (Wildman–Crippen MR) is 91.0 cm³/mol. The lowest BCUT2D eigenvalue weighted by Crippen LogP contribution is -2.17. The van der Waals surface area contributed by atoms with E-state index in [1.807, 2.05) is 31.3 Å². The standard InChI is InChI=1S/C17H15BrClNO/c1-10-7-11(3-5-14(10)18)17(20-2)16-9-12-8-13(19)4-6-15(12)21-16/h3-9,17,20H,1-2H3. The third kappa shape index (κ3) is 2.86. The fourth-order valence-electron chi connectivity index (χ4n) is 2.50. The van der Waals surface area contributed by atoms with Gasteiger partial charge in [0.15, 0.2) is 0 Å². The molecule has 1 unspecified atom stereocenters. The Bertz CT molecular complexity index is 797. The molecule has 0 aliphatic heterocycles. The van der Waals surface area contributed by atoms with Gasteiger partial charge >= 0.3 is 0 Å². The molecule has 2 aromatic carbocycles. The zero-order chi connectivity index (χ0) is 15.0. The fourth-order valence-corrected chi connectivity index (χ4v) is 2.92. The van der Waals surface area contributed by atoms with Crippen molar-refractivity contribution in [2.75, 3.05) is 7.05 Å². The zero-order valence-corrected chi connectivity index (χ0v) is 14.1. The second kappa shape index (κ2) is 5.84. The number of furan rings is 1. The Hall–Kier alpha value is -1.29. The summed E-state index contributed by atoms with van der Waals surface area (Å²) >= 11 is 9.57. The molecule has 0 aliphatic carbocycles. The number of hydrogen-bond acceptors (Lipinski definition) is 2. The van der Waals surface area contributed by atoms with Gasteiger partial charge in [0.25, 0.3) is 0 Å². The molecule has 21 heavy (non-hydrogen) atoms. The lowest BCUT2D eigenvalue weighted by molar-refractivity contribution is 0.491. The second-order valence-corrected chi connectivity index (χ2v) is 6.35. The van der Waals surface area contributed by atoms with Crippen LogP contribution in [0.15, 0.2) is 51.4 Å². The topological polar surface area (TPSA) is 25.2 Å². The van der Waals surface area contributed by atoms with Gasteiger partial charge in [-0.2, -0.15) is 0 Å². The van der Waals surface area contributed by atoms with E-state index < -0.39 is 0 Å². The average Bonchev–Trinajstić information content (AvgIpc) is 2.86. The third-order valence-electron chi connectivity index (χ3n) is 3.59. The average molecular weight is 365 g/mol. The SMILES string of the molecule is CNC(c1ccc(Br)c(C)c1)c1cc2cc(Cl)ccc2o1. The molecule has 0 amide bonds. The highest BCUT2D eigenvalue weighted by Gasteiger charge is 2.17. The minimum atomic E-state index is 0.0166. The van der Waals surface area contributed by atoms with E-state index in [0.29, 0.717) is 0 Å². The van der Waals surface area contributed by atoms with E-state index in [4.69, 9.17) is 16.0 Å². The molecule has 0 saturated carbocycles. The number of fused-ring (bicyclic) bond motifs is 1. The van der Waals surface area contributed by atoms with Crippen molar-refractivity contribution in [3.8, 4) is 0 Å². The number of halogens is 2. The van der Waals surface area contributed by atoms with Crippen molar-refractivity contribution in [3.63, 3.8) is 0 Å². The molecule has 0 spiro atoms. The van der Waals surface area contributed by atoms with Crippen LogP contribution in [0.25, 0.3) is 11.0 Å². The number of rotatable bonds is 3. The van der Waals surface area contributed by atoms with Crippen LogP contribution >= 0.6 is 27.5 Å². The van der Waals surface area contributed by atoms with E-state index in [-0.39, 0.29) is 6.04 Å². The normalized spacial score (nSPS) is 12.8. The molecule has 4 heteroatoms. The van der Waals surface area contributed by atoms with Crippen molar-refractivity contribution in [2.45, 2.75) is 13.0 Å². The van der Waals surface area contributed by atoms with Gasteiger partial charge in [-0.3, -0.25) is 0 Å². The van der Waals surface area contributed by atoms with Crippen molar-refractivity contribution in [1.82, 2.24) is 5.32 Å². The van der Waals surface area contributed by atoms with Crippen LogP contribution < -0.4 is 5.32 Å². The van der Waals surface area contributed by atoms with Gasteiger partial charge in [0.1, 0.15) is 11.3 Å². The number of benzene rings is 2. The third-order valence-corrected chi connectivity index (χ3v) is 4.71. The maximum atomic E-state index is 6.03. The van der Waals surface area contributed by atoms with Crippen LogP contribution in [-0.4, -0.2) is 7.05 Å². The highest BCUT2D eigenvalue weighted by molar-refractivity contribution is 9.10. The molecule has 3 rings (SSSR count). The Morgan fingerprint density at radius 1 is 1.14 bits per heavy atom. The molecule has 0 aliphatic rings. The van der Waals surface area contributed by atoms with Crippen molar-refractivity contribution in [2.24, 2.45) is 0 Å². The lowest BCUT2D eigenvalue weighted by atomic mass is 10.0. The molecule has 0 bridgehead atoms. The van der Waals surface area contributed by atoms with E-state index in [0.717, 1.165) is 26.2 Å². The lowest BCUT2D eigenvalue weighted by Gasteiger charge is -2.15. The minimum Gasteiger partial charge on any atom is -0.459 e. The van der Waals surface area contributed by atoms with Crippen molar-refractivity contribution >= 4 is 38.5 Å². The Morgan fingerprint density at radius 3 is 2.67 bits per heavy atom. The summed E-state index contributed by atoms with van der Waals surface area (Å²) in [6.45, 7) is 2.08. The van der Waals surface area contributed by atoms with Crippen molar-refractivity contribution in [3.05, 3.63) is 68.8 Å². The summed E-state index contributed by atoms with van der Waals surface area (Å²) in [7, 11) is 1.93. The highest BCUT2D eigenvalue weighted by Crippen LogP contribution is 2.31. The molecule has 108 valence electrons. The van der Waals surface area contributed by atoms with Gasteiger partial charge in [-0.25, -0.2) is 0 Å². The monoisotopic (exact) mass is 363 g/mol. The van der Waals surface area contributed by atoms with E-state index in [1.165, 1.54) is 11.1 Å². The van der Waals surface area contributed by atoms with Gasteiger partial charge in [-0.1, -0.05) is 39.7 Å². The van der Waals surface area contributed by atoms with E-state index in [1.54, 1.807) is 0 Å². The van der Waals surface area contributed by atoms with Crippen LogP contribution in [-0.2, 0) is 0 Å². The first kappa shape index (κ1) is 14.6. The zero-order valence-electron chi connectivity index (χ0n) is 11.8. The van der Waals surface area contributed by atoms with Crippen molar-refractivity contribution in [1.29, 1.82) is 0 Å². The van der Waals surface area contributed by atoms with E-state index in [9.17, 15) is 0 Å². The maximum absolute atomic E-state index is 6.03. The number of aryl methyl sites for hydroxylation is 1. The quantitative estimate of drug-likeness (QED) is 0.667. The van der Waals surface area contributed by atoms with E-state index >= 15 is 0 Å². The Kier molecular flexibility index (Phi) is 4.07. The summed E-state index contributed by atoms with van der Waals surface area (Å²) in [6.07, 6.45) is 0. The molecule has 1 N–H and O–H groups in total. The highest BCUT2D eigenvalue weighted by atomic mass is 79.9. The summed E-state index contributed by atoms with van der Waals surface area (Å²) in [4.78, 5) is 0. The van der Waals surface area contributed by atoms with Gasteiger partial charge in [0.05, 0.1) is 6.04 Å². The summed E-state index contributed by atoms with van der Waals surface area (Å²) in [5.41, 5.74) is 3.22. The smallest absolute Gasteiger partial charge is 0.134 e. The first-order valence-electron chi connectivity index (χ1n) is 6.71. The fraction of sp³-hybridized carbons (Fsp3) is 0.176. The number of nitrogens with one attached hydrogen (secondary N) is 1. The minimum absolute atomic E-state index is 0.0166. The summed E-state index contributed by atoms with van der Waals surface area (Å²) < 4.78 is 7.08. The van der Waals surface area contributed by atoms with Crippen LogP contribution in [0.2, 0.25) is 5.02 Å². The summed E-state index contributed by atoms with van der Waals surface area (Å²) in [5.74, 6) is 0.886. The molecule has 1 heterocycles. The Balaban J connectivity index is 2.06. The van der Waals surface area contributed by atoms with Crippen LogP contribution in [0, 0.1) is 6.92 Å². The van der Waals surface area contributed by atoms with Crippen LogP contribution in [0.3, 0.4) is 0 Å². The first-order valence-corrected chi connectivity index (χ1v) is 7.88. The number of hydrogen-bond donors (Lipinski definition) is 1. The van der Waals surface area contributed by atoms with Crippen LogP contribution in [0.1, 0.15) is 22.9 Å². The van der Waals surface area contributed by atoms with E-state index in [2.05, 4.69) is 46.4 Å². The van der Waals surface area contributed by atoms with Gasteiger partial charge in [-0.05, 0) is 55.4 Å². The maximum Gasteiger partial charge on any atom is 0.134 e. The molecule has 2 nitrogen and oxygen atoms in total. The summed E-state index contributed by atoms with van der Waals surface area (Å²) in [5, 5.41) is 5.05. The Morgan fingerprint density at radius 2 is 1.95 bits per heavy atom. The van der Waals surface area contributed by atoms with Crippen molar-refractivity contribution < 1.29 is 4.42 Å². The molecular formula is C17H15BrClNO. The van der Waals surface area contributed by atoms with Gasteiger partial charge in [0.2, 0.25) is 0 Å². The Labute approximate surface area is 137 Å². The van der Waals surface area contributed by atoms with Crippen LogP contribution in [0.5, 0.6) is 0 Å². The molecule has 0 radical (unpaired) electrons. The molecule has 3 aromatic rings. The largest absolute Gasteiger partial charge is 0.459 e. The second-order valence-electron chi connectivity index (χ2n) is 5.06.